The van der Waals surface area contributed by atoms with Gasteiger partial charge in [0.1, 0.15) is 11.4 Å². The Morgan fingerprint density at radius 1 is 1.37 bits per heavy atom. The molecule has 1 N–H and O–H groups in total. The lowest BCUT2D eigenvalue weighted by molar-refractivity contribution is 0.0596. The predicted octanol–water partition coefficient (Wildman–Crippen LogP) is 2.72. The molecule has 0 amide bonds. The van der Waals surface area contributed by atoms with Crippen LogP contribution in [0.4, 0.5) is 5.82 Å². The fraction of sp³-hybridized carbons (Fsp3) is 0.571. The van der Waals surface area contributed by atoms with Crippen LogP contribution >= 0.6 is 0 Å². The molecule has 1 heterocycles. The lowest BCUT2D eigenvalue weighted by Crippen LogP contribution is -2.24. The third kappa shape index (κ3) is 3.84. The molecule has 0 aromatic carbocycles. The smallest absolute Gasteiger partial charge is 0.343 e. The van der Waals surface area contributed by atoms with Crippen LogP contribution in [0.3, 0.4) is 0 Å². The van der Waals surface area contributed by atoms with Crippen molar-refractivity contribution in [2.45, 2.75) is 33.2 Å². The predicted molar refractivity (Wildman–Crippen MR) is 74.7 cm³/mol. The number of carbonyl (C=O) groups excluding carboxylic acids is 1. The number of hydrogen-bond acceptors (Lipinski definition) is 5. The number of esters is 1. The number of nitrogens with zero attached hydrogens (tertiary/aromatic N) is 1. The minimum absolute atomic E-state index is 0.271. The van der Waals surface area contributed by atoms with Crippen LogP contribution in [0, 0.1) is 5.92 Å². The molecule has 2 unspecified atom stereocenters. The summed E-state index contributed by atoms with van der Waals surface area (Å²) in [5.41, 5.74) is 0.326. The van der Waals surface area contributed by atoms with Gasteiger partial charge in [-0.15, -0.1) is 0 Å². The number of ether oxygens (including phenoxy) is 2. The molecule has 0 bridgehead atoms. The zero-order chi connectivity index (χ0) is 14.4. The largest absolute Gasteiger partial charge is 0.480 e. The Morgan fingerprint density at radius 2 is 2.05 bits per heavy atom. The van der Waals surface area contributed by atoms with Crippen LogP contribution in [-0.2, 0) is 4.74 Å². The molecule has 0 aliphatic heterocycles. The standard InChI is InChI=1S/C14H22N2O3/c1-6-9(2)10(3)15-12-8-7-11(14(17)19-5)13(16-12)18-4/h7-10H,6H2,1-5H3,(H,15,16). The molecule has 19 heavy (non-hydrogen) atoms. The van der Waals surface area contributed by atoms with E-state index >= 15 is 0 Å². The number of rotatable bonds is 6. The monoisotopic (exact) mass is 266 g/mol. The van der Waals surface area contributed by atoms with Crippen molar-refractivity contribution in [2.24, 2.45) is 5.92 Å². The normalized spacial score (nSPS) is 13.5. The van der Waals surface area contributed by atoms with Gasteiger partial charge in [-0.2, -0.15) is 4.98 Å². The molecule has 2 atom stereocenters. The molecule has 0 radical (unpaired) electrons. The van der Waals surface area contributed by atoms with E-state index in [-0.39, 0.29) is 5.88 Å². The molecule has 1 aromatic heterocycles. The van der Waals surface area contributed by atoms with Gasteiger partial charge in [0.2, 0.25) is 5.88 Å². The Morgan fingerprint density at radius 3 is 2.58 bits per heavy atom. The average Bonchev–Trinajstić information content (AvgIpc) is 2.45. The lowest BCUT2D eigenvalue weighted by atomic mass is 10.0. The molecule has 0 fully saturated rings. The van der Waals surface area contributed by atoms with E-state index in [2.05, 4.69) is 35.8 Å². The first-order chi connectivity index (χ1) is 9.03. The van der Waals surface area contributed by atoms with Crippen LogP contribution in [0.25, 0.3) is 0 Å². The van der Waals surface area contributed by atoms with Crippen LogP contribution in [0.2, 0.25) is 0 Å². The van der Waals surface area contributed by atoms with Crippen LogP contribution in [-0.4, -0.2) is 31.2 Å². The van der Waals surface area contributed by atoms with Gasteiger partial charge < -0.3 is 14.8 Å². The molecular formula is C14H22N2O3. The quantitative estimate of drug-likeness (QED) is 0.802. The van der Waals surface area contributed by atoms with Gasteiger partial charge in [-0.1, -0.05) is 20.3 Å². The number of carbonyl (C=O) groups is 1. The highest BCUT2D eigenvalue weighted by Crippen LogP contribution is 2.21. The molecule has 0 aliphatic carbocycles. The fourth-order valence-electron chi connectivity index (χ4n) is 1.67. The van der Waals surface area contributed by atoms with Gasteiger partial charge in [0.25, 0.3) is 0 Å². The molecule has 0 saturated carbocycles. The maximum absolute atomic E-state index is 11.5. The number of nitrogens with one attached hydrogen (secondary N) is 1. The number of hydrogen-bond donors (Lipinski definition) is 1. The summed E-state index contributed by atoms with van der Waals surface area (Å²) in [7, 11) is 2.82. The summed E-state index contributed by atoms with van der Waals surface area (Å²) in [4.78, 5) is 15.8. The van der Waals surface area contributed by atoms with Crippen LogP contribution < -0.4 is 10.1 Å². The summed E-state index contributed by atoms with van der Waals surface area (Å²) in [6.45, 7) is 6.44. The van der Waals surface area contributed by atoms with Crippen LogP contribution in [0.1, 0.15) is 37.6 Å². The van der Waals surface area contributed by atoms with Crippen molar-refractivity contribution in [1.29, 1.82) is 0 Å². The molecule has 0 spiro atoms. The van der Waals surface area contributed by atoms with Crippen molar-refractivity contribution < 1.29 is 14.3 Å². The van der Waals surface area contributed by atoms with Gasteiger partial charge in [0.05, 0.1) is 14.2 Å². The Balaban J connectivity index is 2.91. The molecule has 0 aliphatic rings. The topological polar surface area (TPSA) is 60.5 Å². The first-order valence-electron chi connectivity index (χ1n) is 6.43. The zero-order valence-electron chi connectivity index (χ0n) is 12.2. The van der Waals surface area contributed by atoms with Crippen molar-refractivity contribution in [3.05, 3.63) is 17.7 Å². The Kier molecular flexibility index (Phi) is 5.60. The summed E-state index contributed by atoms with van der Waals surface area (Å²) in [5.74, 6) is 1.05. The second-order valence-electron chi connectivity index (χ2n) is 4.56. The summed E-state index contributed by atoms with van der Waals surface area (Å²) < 4.78 is 9.80. The average molecular weight is 266 g/mol. The summed E-state index contributed by atoms with van der Waals surface area (Å²) in [6, 6.07) is 3.71. The first kappa shape index (κ1) is 15.3. The van der Waals surface area contributed by atoms with Crippen molar-refractivity contribution >= 4 is 11.8 Å². The van der Waals surface area contributed by atoms with E-state index in [0.29, 0.717) is 23.3 Å². The van der Waals surface area contributed by atoms with E-state index in [9.17, 15) is 4.79 Å². The van der Waals surface area contributed by atoms with Gasteiger partial charge in [0, 0.05) is 6.04 Å². The minimum atomic E-state index is -0.453. The number of pyridine rings is 1. The van der Waals surface area contributed by atoms with E-state index in [4.69, 9.17) is 4.74 Å². The molecule has 106 valence electrons. The van der Waals surface area contributed by atoms with Crippen LogP contribution in [0.5, 0.6) is 5.88 Å². The molecule has 1 rings (SSSR count). The van der Waals surface area contributed by atoms with E-state index < -0.39 is 5.97 Å². The zero-order valence-corrected chi connectivity index (χ0v) is 12.2. The highest BCUT2D eigenvalue weighted by Gasteiger charge is 2.16. The summed E-state index contributed by atoms with van der Waals surface area (Å²) >= 11 is 0. The highest BCUT2D eigenvalue weighted by atomic mass is 16.5. The summed E-state index contributed by atoms with van der Waals surface area (Å²) in [5, 5.41) is 3.31. The Bertz CT molecular complexity index is 435. The van der Waals surface area contributed by atoms with E-state index in [1.807, 2.05) is 0 Å². The molecular weight excluding hydrogens is 244 g/mol. The number of aromatic nitrogens is 1. The SMILES string of the molecule is CCC(C)C(C)Nc1ccc(C(=O)OC)c(OC)n1. The first-order valence-corrected chi connectivity index (χ1v) is 6.43. The van der Waals surface area contributed by atoms with Crippen molar-refractivity contribution in [2.75, 3.05) is 19.5 Å². The van der Waals surface area contributed by atoms with Gasteiger partial charge in [-0.3, -0.25) is 0 Å². The Hall–Kier alpha value is -1.78. The lowest BCUT2D eigenvalue weighted by Gasteiger charge is -2.20. The maximum atomic E-state index is 11.5. The minimum Gasteiger partial charge on any atom is -0.480 e. The van der Waals surface area contributed by atoms with Gasteiger partial charge in [-0.25, -0.2) is 4.79 Å². The molecule has 1 aromatic rings. The number of anilines is 1. The van der Waals surface area contributed by atoms with E-state index in [1.165, 1.54) is 14.2 Å². The fourth-order valence-corrected chi connectivity index (χ4v) is 1.67. The van der Waals surface area contributed by atoms with Gasteiger partial charge in [-0.05, 0) is 25.0 Å². The van der Waals surface area contributed by atoms with Gasteiger partial charge >= 0.3 is 5.97 Å². The third-order valence-electron chi connectivity index (χ3n) is 3.33. The van der Waals surface area contributed by atoms with Crippen molar-refractivity contribution in [3.63, 3.8) is 0 Å². The van der Waals surface area contributed by atoms with Gasteiger partial charge in [0.15, 0.2) is 0 Å². The second-order valence-corrected chi connectivity index (χ2v) is 4.56. The van der Waals surface area contributed by atoms with Crippen LogP contribution in [0.15, 0.2) is 12.1 Å². The molecule has 5 heteroatoms. The number of methoxy groups -OCH3 is 2. The summed E-state index contributed by atoms with van der Waals surface area (Å²) in [6.07, 6.45) is 1.09. The van der Waals surface area contributed by atoms with Crippen molar-refractivity contribution in [3.8, 4) is 5.88 Å². The highest BCUT2D eigenvalue weighted by molar-refractivity contribution is 5.92. The molecule has 0 saturated heterocycles. The third-order valence-corrected chi connectivity index (χ3v) is 3.33. The maximum Gasteiger partial charge on any atom is 0.343 e. The molecule has 5 nitrogen and oxygen atoms in total. The second kappa shape index (κ2) is 6.97. The van der Waals surface area contributed by atoms with E-state index in [0.717, 1.165) is 6.42 Å². The van der Waals surface area contributed by atoms with Crippen molar-refractivity contribution in [1.82, 2.24) is 4.98 Å². The Labute approximate surface area is 114 Å². The van der Waals surface area contributed by atoms with E-state index in [1.54, 1.807) is 12.1 Å².